The fraction of sp³-hybridized carbons (Fsp3) is 0.800. The molecule has 0 bridgehead atoms. The Morgan fingerprint density at radius 1 is 1.88 bits per heavy atom. The van der Waals surface area contributed by atoms with Gasteiger partial charge < -0.3 is 5.11 Å². The SMILES string of the molecule is O=C1CCC(CO)S1. The Morgan fingerprint density at radius 3 is 2.88 bits per heavy atom. The van der Waals surface area contributed by atoms with E-state index in [1.165, 1.54) is 11.8 Å². The van der Waals surface area contributed by atoms with E-state index in [2.05, 4.69) is 0 Å². The van der Waals surface area contributed by atoms with Crippen molar-refractivity contribution in [3.8, 4) is 0 Å². The number of hydrogen-bond donors (Lipinski definition) is 1. The van der Waals surface area contributed by atoms with Crippen LogP contribution in [0.3, 0.4) is 0 Å². The van der Waals surface area contributed by atoms with Crippen molar-refractivity contribution >= 4 is 16.9 Å². The average molecular weight is 132 g/mol. The molecule has 0 aliphatic carbocycles. The van der Waals surface area contributed by atoms with Crippen LogP contribution in [-0.2, 0) is 4.79 Å². The third-order valence-corrected chi connectivity index (χ3v) is 2.36. The highest BCUT2D eigenvalue weighted by atomic mass is 32.2. The van der Waals surface area contributed by atoms with Crippen LogP contribution in [0.5, 0.6) is 0 Å². The third kappa shape index (κ3) is 1.23. The minimum Gasteiger partial charge on any atom is -0.395 e. The predicted molar refractivity (Wildman–Crippen MR) is 32.7 cm³/mol. The Morgan fingerprint density at radius 2 is 2.62 bits per heavy atom. The zero-order valence-electron chi connectivity index (χ0n) is 4.46. The minimum atomic E-state index is 0.149. The van der Waals surface area contributed by atoms with Gasteiger partial charge in [-0.2, -0.15) is 0 Å². The van der Waals surface area contributed by atoms with Crippen molar-refractivity contribution in [1.82, 2.24) is 0 Å². The van der Waals surface area contributed by atoms with E-state index in [1.807, 2.05) is 0 Å². The van der Waals surface area contributed by atoms with Gasteiger partial charge in [0.1, 0.15) is 0 Å². The van der Waals surface area contributed by atoms with Crippen molar-refractivity contribution in [3.63, 3.8) is 0 Å². The molecule has 1 fully saturated rings. The first kappa shape index (κ1) is 6.11. The Bertz CT molecular complexity index is 103. The molecule has 1 aliphatic heterocycles. The van der Waals surface area contributed by atoms with E-state index in [0.29, 0.717) is 6.42 Å². The molecule has 0 aromatic heterocycles. The number of aliphatic hydroxyl groups excluding tert-OH is 1. The molecule has 1 N–H and O–H groups in total. The van der Waals surface area contributed by atoms with Gasteiger partial charge in [-0.25, -0.2) is 0 Å². The second-order valence-electron chi connectivity index (χ2n) is 1.83. The van der Waals surface area contributed by atoms with E-state index in [1.54, 1.807) is 0 Å². The lowest BCUT2D eigenvalue weighted by molar-refractivity contribution is -0.110. The molecule has 1 saturated heterocycles. The topological polar surface area (TPSA) is 37.3 Å². The molecule has 0 radical (unpaired) electrons. The summed E-state index contributed by atoms with van der Waals surface area (Å²) in [6, 6.07) is 0. The van der Waals surface area contributed by atoms with Crippen LogP contribution in [0, 0.1) is 0 Å². The lowest BCUT2D eigenvalue weighted by Gasteiger charge is -1.96. The maximum Gasteiger partial charge on any atom is 0.189 e. The highest BCUT2D eigenvalue weighted by Crippen LogP contribution is 2.26. The van der Waals surface area contributed by atoms with E-state index in [-0.39, 0.29) is 17.0 Å². The average Bonchev–Trinajstić information content (AvgIpc) is 2.14. The maximum atomic E-state index is 10.5. The second-order valence-corrected chi connectivity index (χ2v) is 3.19. The first-order chi connectivity index (χ1) is 3.83. The van der Waals surface area contributed by atoms with Crippen LogP contribution in [-0.4, -0.2) is 22.1 Å². The number of hydrogen-bond acceptors (Lipinski definition) is 3. The summed E-state index contributed by atoms with van der Waals surface area (Å²) in [7, 11) is 0. The molecular weight excluding hydrogens is 124 g/mol. The fourth-order valence-electron chi connectivity index (χ4n) is 0.711. The summed E-state index contributed by atoms with van der Waals surface area (Å²) in [5.41, 5.74) is 0. The smallest absolute Gasteiger partial charge is 0.189 e. The summed E-state index contributed by atoms with van der Waals surface area (Å²) in [4.78, 5) is 10.5. The molecule has 1 heterocycles. The molecular formula is C5H8O2S. The van der Waals surface area contributed by atoms with Gasteiger partial charge in [0, 0.05) is 11.7 Å². The quantitative estimate of drug-likeness (QED) is 0.561. The lowest BCUT2D eigenvalue weighted by Crippen LogP contribution is -2.01. The van der Waals surface area contributed by atoms with Gasteiger partial charge >= 0.3 is 0 Å². The Hall–Kier alpha value is -0.0200. The predicted octanol–water partition coefficient (Wildman–Crippen LogP) is 0.401. The van der Waals surface area contributed by atoms with Gasteiger partial charge in [0.25, 0.3) is 0 Å². The van der Waals surface area contributed by atoms with Crippen molar-refractivity contribution < 1.29 is 9.90 Å². The van der Waals surface area contributed by atoms with Crippen molar-refractivity contribution in [2.75, 3.05) is 6.61 Å². The molecule has 0 aromatic carbocycles. The van der Waals surface area contributed by atoms with Crippen LogP contribution in [0.4, 0.5) is 0 Å². The van der Waals surface area contributed by atoms with Gasteiger partial charge in [0.15, 0.2) is 5.12 Å². The van der Waals surface area contributed by atoms with Crippen molar-refractivity contribution in [1.29, 1.82) is 0 Å². The molecule has 1 unspecified atom stereocenters. The molecule has 2 nitrogen and oxygen atoms in total. The van der Waals surface area contributed by atoms with Crippen LogP contribution < -0.4 is 0 Å². The number of carbonyl (C=O) groups excluding carboxylic acids is 1. The van der Waals surface area contributed by atoms with Gasteiger partial charge in [-0.05, 0) is 6.42 Å². The van der Waals surface area contributed by atoms with E-state index in [4.69, 9.17) is 5.11 Å². The molecule has 46 valence electrons. The Balaban J connectivity index is 2.32. The second kappa shape index (κ2) is 2.51. The minimum absolute atomic E-state index is 0.149. The Labute approximate surface area is 52.3 Å². The van der Waals surface area contributed by atoms with Crippen molar-refractivity contribution in [2.24, 2.45) is 0 Å². The molecule has 0 amide bonds. The summed E-state index contributed by atoms with van der Waals surface area (Å²) in [5.74, 6) is 0. The van der Waals surface area contributed by atoms with E-state index >= 15 is 0 Å². The number of rotatable bonds is 1. The van der Waals surface area contributed by atoms with Crippen LogP contribution >= 0.6 is 11.8 Å². The van der Waals surface area contributed by atoms with Gasteiger partial charge in [0.2, 0.25) is 0 Å². The normalized spacial score (nSPS) is 29.1. The van der Waals surface area contributed by atoms with Crippen LogP contribution in [0.2, 0.25) is 0 Å². The van der Waals surface area contributed by atoms with Crippen LogP contribution in [0.15, 0.2) is 0 Å². The van der Waals surface area contributed by atoms with E-state index < -0.39 is 0 Å². The zero-order valence-corrected chi connectivity index (χ0v) is 5.28. The molecule has 0 aromatic rings. The van der Waals surface area contributed by atoms with Crippen molar-refractivity contribution in [3.05, 3.63) is 0 Å². The largest absolute Gasteiger partial charge is 0.395 e. The van der Waals surface area contributed by atoms with Gasteiger partial charge in [-0.15, -0.1) is 0 Å². The lowest BCUT2D eigenvalue weighted by atomic mass is 10.3. The highest BCUT2D eigenvalue weighted by Gasteiger charge is 2.21. The van der Waals surface area contributed by atoms with Gasteiger partial charge in [-0.3, -0.25) is 4.79 Å². The summed E-state index contributed by atoms with van der Waals surface area (Å²) in [6.45, 7) is 0.149. The van der Waals surface area contributed by atoms with E-state index in [9.17, 15) is 4.79 Å². The molecule has 3 heteroatoms. The highest BCUT2D eigenvalue weighted by molar-refractivity contribution is 8.14. The summed E-state index contributed by atoms with van der Waals surface area (Å²) >= 11 is 1.28. The Kier molecular flexibility index (Phi) is 1.91. The first-order valence-corrected chi connectivity index (χ1v) is 3.51. The molecule has 1 rings (SSSR count). The molecule has 1 atom stereocenters. The van der Waals surface area contributed by atoms with Gasteiger partial charge in [-0.1, -0.05) is 11.8 Å². The van der Waals surface area contributed by atoms with Crippen molar-refractivity contribution in [2.45, 2.75) is 18.1 Å². The standard InChI is InChI=1S/C5H8O2S/c6-3-4-1-2-5(7)8-4/h4,6H,1-3H2. The molecule has 0 spiro atoms. The summed E-state index contributed by atoms with van der Waals surface area (Å²) in [6.07, 6.45) is 1.51. The van der Waals surface area contributed by atoms with E-state index in [0.717, 1.165) is 6.42 Å². The third-order valence-electron chi connectivity index (χ3n) is 1.17. The molecule has 8 heavy (non-hydrogen) atoms. The fourth-order valence-corrected chi connectivity index (χ4v) is 1.63. The monoisotopic (exact) mass is 132 g/mol. The number of thioether (sulfide) groups is 1. The molecule has 0 saturated carbocycles. The zero-order chi connectivity index (χ0) is 5.98. The number of carbonyl (C=O) groups is 1. The summed E-state index contributed by atoms with van der Waals surface area (Å²) in [5, 5.41) is 8.93. The van der Waals surface area contributed by atoms with Gasteiger partial charge in [0.05, 0.1) is 6.61 Å². The van der Waals surface area contributed by atoms with Crippen LogP contribution in [0.25, 0.3) is 0 Å². The molecule has 1 aliphatic rings. The first-order valence-electron chi connectivity index (χ1n) is 2.63. The maximum absolute atomic E-state index is 10.5. The number of aliphatic hydroxyl groups is 1. The van der Waals surface area contributed by atoms with Crippen LogP contribution in [0.1, 0.15) is 12.8 Å². The summed E-state index contributed by atoms with van der Waals surface area (Å²) < 4.78 is 0.